The molecule has 4 N–H and O–H groups in total. The van der Waals surface area contributed by atoms with Crippen LogP contribution in [0.1, 0.15) is 41.9 Å². The van der Waals surface area contributed by atoms with Crippen molar-refractivity contribution in [2.75, 3.05) is 49.7 Å². The van der Waals surface area contributed by atoms with Gasteiger partial charge in [-0.15, -0.1) is 0 Å². The van der Waals surface area contributed by atoms with E-state index < -0.39 is 5.97 Å². The van der Waals surface area contributed by atoms with E-state index in [9.17, 15) is 14.7 Å². The number of morpholine rings is 1. The van der Waals surface area contributed by atoms with E-state index in [1.54, 1.807) is 6.07 Å². The fourth-order valence-corrected chi connectivity index (χ4v) is 4.82. The van der Waals surface area contributed by atoms with Crippen molar-refractivity contribution in [2.24, 2.45) is 5.92 Å². The molecule has 0 bridgehead atoms. The number of amides is 1. The Kier molecular flexibility index (Phi) is 11.0. The third-order valence-electron chi connectivity index (χ3n) is 7.13. The number of benzene rings is 2. The minimum Gasteiger partial charge on any atom is -0.477 e. The van der Waals surface area contributed by atoms with Crippen molar-refractivity contribution in [3.63, 3.8) is 0 Å². The molecule has 1 aliphatic rings. The van der Waals surface area contributed by atoms with Gasteiger partial charge < -0.3 is 35.5 Å². The van der Waals surface area contributed by atoms with Gasteiger partial charge >= 0.3 is 5.97 Å². The molecule has 1 aliphatic heterocycles. The zero-order valence-corrected chi connectivity index (χ0v) is 24.1. The van der Waals surface area contributed by atoms with Crippen LogP contribution in [0.5, 0.6) is 0 Å². The van der Waals surface area contributed by atoms with Crippen LogP contribution in [0.4, 0.5) is 11.5 Å². The summed E-state index contributed by atoms with van der Waals surface area (Å²) in [5.74, 6) is -0.995. The lowest BCUT2D eigenvalue weighted by Gasteiger charge is -2.29. The maximum atomic E-state index is 12.2. The summed E-state index contributed by atoms with van der Waals surface area (Å²) >= 11 is 0. The van der Waals surface area contributed by atoms with E-state index in [1.165, 1.54) is 0 Å². The number of anilines is 2. The average Bonchev–Trinajstić information content (AvgIpc) is 3.01. The van der Waals surface area contributed by atoms with Crippen LogP contribution in [0.15, 0.2) is 60.7 Å². The van der Waals surface area contributed by atoms with Crippen LogP contribution in [0.2, 0.25) is 0 Å². The minimum atomic E-state index is -1.16. The fraction of sp³-hybridized carbons (Fsp3) is 0.375. The van der Waals surface area contributed by atoms with Gasteiger partial charge in [-0.1, -0.05) is 56.3 Å². The number of carboxylic acid groups (broad SMARTS) is 1. The Morgan fingerprint density at radius 3 is 2.50 bits per heavy atom. The summed E-state index contributed by atoms with van der Waals surface area (Å²) in [4.78, 5) is 29.9. The van der Waals surface area contributed by atoms with Gasteiger partial charge in [0.05, 0.1) is 32.5 Å². The molecule has 0 radical (unpaired) electrons. The predicted molar refractivity (Wildman–Crippen MR) is 164 cm³/mol. The van der Waals surface area contributed by atoms with E-state index in [1.807, 2.05) is 68.4 Å². The number of ether oxygens (including phenoxy) is 2. The van der Waals surface area contributed by atoms with Crippen molar-refractivity contribution >= 4 is 29.6 Å². The first-order valence-corrected chi connectivity index (χ1v) is 14.2. The minimum absolute atomic E-state index is 0.125. The monoisotopic (exact) mass is 573 g/mol. The molecular formula is C32H39N5O5. The van der Waals surface area contributed by atoms with E-state index in [0.29, 0.717) is 61.9 Å². The molecule has 10 nitrogen and oxygen atoms in total. The van der Waals surface area contributed by atoms with Crippen molar-refractivity contribution in [3.8, 4) is 11.1 Å². The van der Waals surface area contributed by atoms with Crippen molar-refractivity contribution < 1.29 is 24.2 Å². The molecule has 2 heterocycles. The van der Waals surface area contributed by atoms with Gasteiger partial charge in [0.15, 0.2) is 5.69 Å². The number of hydrogen-bond donors (Lipinski definition) is 4. The first-order chi connectivity index (χ1) is 20.4. The summed E-state index contributed by atoms with van der Waals surface area (Å²) in [5.41, 5.74) is 4.26. The number of rotatable bonds is 15. The van der Waals surface area contributed by atoms with Crippen LogP contribution in [-0.4, -0.2) is 73.7 Å². The molecule has 1 fully saturated rings. The maximum absolute atomic E-state index is 12.2. The zero-order valence-electron chi connectivity index (χ0n) is 24.1. The first kappa shape index (κ1) is 30.7. The number of aromatic carboxylic acids is 1. The number of nitrogens with one attached hydrogen (secondary N) is 3. The van der Waals surface area contributed by atoms with Gasteiger partial charge in [-0.05, 0) is 47.2 Å². The molecule has 42 heavy (non-hydrogen) atoms. The predicted octanol–water partition coefficient (Wildman–Crippen LogP) is 4.44. The summed E-state index contributed by atoms with van der Waals surface area (Å²) in [5, 5.41) is 25.1. The number of carbonyl (C=O) groups excluding carboxylic acids is 1. The zero-order chi connectivity index (χ0) is 29.9. The Balaban J connectivity index is 1.69. The van der Waals surface area contributed by atoms with Gasteiger partial charge in [-0.25, -0.2) is 9.78 Å². The standard InChI is InChI=1S/C32H39N5O5/c1-22(2)30(33)29-27(24-8-10-26(11-9-24)37-14-16-41-17-15-37)18-28(32(39)40)36-31(29)35-25(12-13-34-21-38)20-42-19-23-6-4-3-5-7-23/h3-11,18,21-22,25,33H,12-17,19-20H2,1-2H3,(H,34,38)(H,35,36)(H,39,40). The van der Waals surface area contributed by atoms with Gasteiger partial charge in [-0.3, -0.25) is 4.79 Å². The Morgan fingerprint density at radius 2 is 1.86 bits per heavy atom. The van der Waals surface area contributed by atoms with Gasteiger partial charge in [0.1, 0.15) is 5.82 Å². The fourth-order valence-electron chi connectivity index (χ4n) is 4.82. The number of pyridine rings is 1. The van der Waals surface area contributed by atoms with E-state index in [2.05, 4.69) is 20.5 Å². The van der Waals surface area contributed by atoms with Crippen LogP contribution < -0.4 is 15.5 Å². The van der Waals surface area contributed by atoms with E-state index in [0.717, 1.165) is 29.9 Å². The first-order valence-electron chi connectivity index (χ1n) is 14.2. The largest absolute Gasteiger partial charge is 0.477 e. The summed E-state index contributed by atoms with van der Waals surface area (Å²) < 4.78 is 11.5. The molecule has 0 aliphatic carbocycles. The molecule has 3 aromatic rings. The summed E-state index contributed by atoms with van der Waals surface area (Å²) in [6, 6.07) is 19.0. The van der Waals surface area contributed by atoms with E-state index >= 15 is 0 Å². The van der Waals surface area contributed by atoms with Crippen LogP contribution >= 0.6 is 0 Å². The van der Waals surface area contributed by atoms with Crippen LogP contribution in [0.3, 0.4) is 0 Å². The molecule has 2 aromatic carbocycles. The SMILES string of the molecule is CC(C)C(=N)c1c(-c2ccc(N3CCOCC3)cc2)cc(C(=O)O)nc1NC(CCNC=O)COCc1ccccc1. The molecule has 1 unspecified atom stereocenters. The number of aromatic nitrogens is 1. The number of carboxylic acids is 1. The van der Waals surface area contributed by atoms with Crippen LogP contribution in [0.25, 0.3) is 11.1 Å². The Bertz CT molecular complexity index is 1340. The second-order valence-electron chi connectivity index (χ2n) is 10.5. The third-order valence-corrected chi connectivity index (χ3v) is 7.13. The van der Waals surface area contributed by atoms with Gasteiger partial charge in [0.25, 0.3) is 0 Å². The quantitative estimate of drug-likeness (QED) is 0.119. The highest BCUT2D eigenvalue weighted by Gasteiger charge is 2.24. The molecule has 0 spiro atoms. The van der Waals surface area contributed by atoms with E-state index in [-0.39, 0.29) is 24.3 Å². The lowest BCUT2D eigenvalue weighted by atomic mass is 9.91. The smallest absolute Gasteiger partial charge is 0.354 e. The van der Waals surface area contributed by atoms with Gasteiger partial charge in [-0.2, -0.15) is 0 Å². The Labute approximate surface area is 246 Å². The number of carbonyl (C=O) groups is 2. The molecule has 1 saturated heterocycles. The highest BCUT2D eigenvalue weighted by molar-refractivity contribution is 6.10. The Hall–Kier alpha value is -4.28. The molecule has 0 saturated carbocycles. The lowest BCUT2D eigenvalue weighted by molar-refractivity contribution is -0.109. The highest BCUT2D eigenvalue weighted by atomic mass is 16.5. The number of hydrogen-bond acceptors (Lipinski definition) is 8. The van der Waals surface area contributed by atoms with Crippen LogP contribution in [-0.2, 0) is 20.9 Å². The molecule has 222 valence electrons. The number of nitrogens with zero attached hydrogens (tertiary/aromatic N) is 2. The van der Waals surface area contributed by atoms with Crippen molar-refractivity contribution in [1.29, 1.82) is 5.41 Å². The van der Waals surface area contributed by atoms with Crippen molar-refractivity contribution in [1.82, 2.24) is 10.3 Å². The second-order valence-corrected chi connectivity index (χ2v) is 10.5. The molecule has 4 rings (SSSR count). The third kappa shape index (κ3) is 8.14. The maximum Gasteiger partial charge on any atom is 0.354 e. The van der Waals surface area contributed by atoms with E-state index in [4.69, 9.17) is 14.9 Å². The molecule has 1 aromatic heterocycles. The molecule has 1 amide bonds. The van der Waals surface area contributed by atoms with Crippen molar-refractivity contribution in [3.05, 3.63) is 77.5 Å². The van der Waals surface area contributed by atoms with Crippen molar-refractivity contribution in [2.45, 2.75) is 32.9 Å². The molecule has 1 atom stereocenters. The second kappa shape index (κ2) is 15.1. The van der Waals surface area contributed by atoms with Gasteiger partial charge in [0, 0.05) is 36.6 Å². The average molecular weight is 574 g/mol. The summed E-state index contributed by atoms with van der Waals surface area (Å²) in [6.45, 7) is 7.90. The highest BCUT2D eigenvalue weighted by Crippen LogP contribution is 2.33. The summed E-state index contributed by atoms with van der Waals surface area (Å²) in [6.07, 6.45) is 1.15. The van der Waals surface area contributed by atoms with Gasteiger partial charge in [0.2, 0.25) is 6.41 Å². The normalized spacial score (nSPS) is 13.9. The van der Waals surface area contributed by atoms with Crippen LogP contribution in [0, 0.1) is 11.3 Å². The molecular weight excluding hydrogens is 534 g/mol. The topological polar surface area (TPSA) is 137 Å². The lowest BCUT2D eigenvalue weighted by Crippen LogP contribution is -2.36. The molecule has 10 heteroatoms. The Morgan fingerprint density at radius 1 is 1.14 bits per heavy atom. The summed E-state index contributed by atoms with van der Waals surface area (Å²) in [7, 11) is 0.